The first-order valence-corrected chi connectivity index (χ1v) is 8.35. The van der Waals surface area contributed by atoms with Crippen LogP contribution in [0.5, 0.6) is 0 Å². The van der Waals surface area contributed by atoms with Gasteiger partial charge in [-0.15, -0.1) is 0 Å². The lowest BCUT2D eigenvalue weighted by Gasteiger charge is -2.35. The minimum atomic E-state index is 0.113. The molecule has 1 aromatic carbocycles. The summed E-state index contributed by atoms with van der Waals surface area (Å²) in [5.41, 5.74) is 4.49. The summed E-state index contributed by atoms with van der Waals surface area (Å²) >= 11 is 0. The highest BCUT2D eigenvalue weighted by molar-refractivity contribution is 5.86. The zero-order valence-electron chi connectivity index (χ0n) is 13.6. The topological polar surface area (TPSA) is 34.4 Å². The molecule has 3 rings (SSSR count). The fourth-order valence-corrected chi connectivity index (χ4v) is 4.14. The van der Waals surface area contributed by atoms with Crippen molar-refractivity contribution in [2.45, 2.75) is 57.9 Å². The molecule has 1 atom stereocenters. The first-order chi connectivity index (χ1) is 10.7. The largest absolute Gasteiger partial charge is 0.344 e. The Balaban J connectivity index is 2.17. The maximum Gasteiger partial charge on any atom is 0.234 e. The third-order valence-corrected chi connectivity index (χ3v) is 5.09. The Morgan fingerprint density at radius 1 is 1.36 bits per heavy atom. The lowest BCUT2D eigenvalue weighted by Crippen LogP contribution is -2.31. The van der Waals surface area contributed by atoms with Gasteiger partial charge in [0.15, 0.2) is 0 Å². The van der Waals surface area contributed by atoms with Crippen molar-refractivity contribution in [3.63, 3.8) is 0 Å². The highest BCUT2D eigenvalue weighted by atomic mass is 16.1. The molecule has 1 aromatic heterocycles. The van der Waals surface area contributed by atoms with E-state index in [1.807, 2.05) is 0 Å². The second-order valence-electron chi connectivity index (χ2n) is 6.63. The van der Waals surface area contributed by atoms with Crippen LogP contribution in [0.15, 0.2) is 29.3 Å². The maximum absolute atomic E-state index is 10.4. The first-order valence-electron chi connectivity index (χ1n) is 8.35. The molecule has 0 fully saturated rings. The van der Waals surface area contributed by atoms with Gasteiger partial charge >= 0.3 is 0 Å². The molecule has 22 heavy (non-hydrogen) atoms. The molecule has 0 spiro atoms. The zero-order chi connectivity index (χ0) is 15.6. The number of aryl methyl sites for hydroxylation is 2. The second kappa shape index (κ2) is 6.10. The van der Waals surface area contributed by atoms with Gasteiger partial charge in [0.05, 0.1) is 6.54 Å². The number of aliphatic imine (C=N–C) groups is 1. The van der Waals surface area contributed by atoms with Gasteiger partial charge in [0, 0.05) is 28.6 Å². The molecule has 0 N–H and O–H groups in total. The fourth-order valence-electron chi connectivity index (χ4n) is 4.14. The molecular weight excluding hydrogens is 272 g/mol. The number of carbonyl (C=O) groups excluding carboxylic acids is 1. The molecule has 0 bridgehead atoms. The van der Waals surface area contributed by atoms with Crippen molar-refractivity contribution in [2.75, 3.05) is 6.54 Å². The summed E-state index contributed by atoms with van der Waals surface area (Å²) in [6, 6.07) is 8.78. The first kappa shape index (κ1) is 15.1. The van der Waals surface area contributed by atoms with Gasteiger partial charge in [-0.2, -0.15) is 0 Å². The Morgan fingerprint density at radius 3 is 2.95 bits per heavy atom. The van der Waals surface area contributed by atoms with E-state index in [-0.39, 0.29) is 5.41 Å². The van der Waals surface area contributed by atoms with E-state index in [4.69, 9.17) is 0 Å². The van der Waals surface area contributed by atoms with Crippen molar-refractivity contribution in [3.8, 4) is 0 Å². The standard InChI is InChI=1S/C19H24N2O/c1-3-13-21-17-9-5-4-7-15(17)16-8-6-10-19(2,18(16)21)11-12-20-14-22/h4-5,7,9H,3,6,8,10-13H2,1-2H3. The number of benzene rings is 1. The highest BCUT2D eigenvalue weighted by Gasteiger charge is 2.36. The molecule has 0 radical (unpaired) electrons. The summed E-state index contributed by atoms with van der Waals surface area (Å²) in [6.45, 7) is 6.21. The lowest BCUT2D eigenvalue weighted by molar-refractivity contribution is 0.348. The average molecular weight is 296 g/mol. The SMILES string of the molecule is CCCn1c2c(c3ccccc31)CCCC2(C)CCN=C=O. The van der Waals surface area contributed by atoms with E-state index in [9.17, 15) is 4.79 Å². The van der Waals surface area contributed by atoms with Crippen molar-refractivity contribution < 1.29 is 4.79 Å². The Kier molecular flexibility index (Phi) is 4.17. The van der Waals surface area contributed by atoms with Crippen molar-refractivity contribution in [1.29, 1.82) is 0 Å². The molecule has 0 aliphatic heterocycles. The van der Waals surface area contributed by atoms with Crippen LogP contribution in [0.25, 0.3) is 10.9 Å². The lowest BCUT2D eigenvalue weighted by atomic mass is 9.72. The smallest absolute Gasteiger partial charge is 0.234 e. The van der Waals surface area contributed by atoms with Crippen LogP contribution < -0.4 is 0 Å². The van der Waals surface area contributed by atoms with Crippen LogP contribution >= 0.6 is 0 Å². The van der Waals surface area contributed by atoms with Gasteiger partial charge in [-0.1, -0.05) is 32.0 Å². The summed E-state index contributed by atoms with van der Waals surface area (Å²) in [5.74, 6) is 0. The zero-order valence-corrected chi connectivity index (χ0v) is 13.6. The third kappa shape index (κ3) is 2.40. The van der Waals surface area contributed by atoms with Crippen molar-refractivity contribution in [3.05, 3.63) is 35.5 Å². The molecule has 0 amide bonds. The molecule has 0 saturated carbocycles. The van der Waals surface area contributed by atoms with Gasteiger partial charge < -0.3 is 4.57 Å². The van der Waals surface area contributed by atoms with Gasteiger partial charge in [-0.05, 0) is 43.7 Å². The van der Waals surface area contributed by atoms with Crippen LogP contribution in [0, 0.1) is 0 Å². The van der Waals surface area contributed by atoms with Crippen LogP contribution in [-0.2, 0) is 23.2 Å². The molecule has 2 aromatic rings. The molecule has 1 aliphatic rings. The fraction of sp³-hybridized carbons (Fsp3) is 0.526. The second-order valence-corrected chi connectivity index (χ2v) is 6.63. The summed E-state index contributed by atoms with van der Waals surface area (Å²) in [4.78, 5) is 14.2. The molecule has 3 nitrogen and oxygen atoms in total. The molecule has 1 heterocycles. The van der Waals surface area contributed by atoms with Gasteiger partial charge in [0.1, 0.15) is 0 Å². The van der Waals surface area contributed by atoms with E-state index in [0.717, 1.165) is 19.4 Å². The van der Waals surface area contributed by atoms with E-state index < -0.39 is 0 Å². The quantitative estimate of drug-likeness (QED) is 0.596. The number of hydrogen-bond acceptors (Lipinski definition) is 2. The Hall–Kier alpha value is -1.86. The van der Waals surface area contributed by atoms with E-state index in [1.165, 1.54) is 41.4 Å². The minimum absolute atomic E-state index is 0.113. The summed E-state index contributed by atoms with van der Waals surface area (Å²) < 4.78 is 2.52. The number of isocyanates is 1. The number of para-hydroxylation sites is 1. The van der Waals surface area contributed by atoms with Gasteiger partial charge in [-0.3, -0.25) is 0 Å². The number of nitrogens with zero attached hydrogens (tertiary/aromatic N) is 2. The van der Waals surface area contributed by atoms with Crippen LogP contribution in [0.3, 0.4) is 0 Å². The number of fused-ring (bicyclic) bond motifs is 3. The predicted octanol–water partition coefficient (Wildman–Crippen LogP) is 4.37. The summed E-state index contributed by atoms with van der Waals surface area (Å²) in [7, 11) is 0. The molecule has 116 valence electrons. The Morgan fingerprint density at radius 2 is 2.18 bits per heavy atom. The van der Waals surface area contributed by atoms with Crippen molar-refractivity contribution >= 4 is 17.0 Å². The monoisotopic (exact) mass is 296 g/mol. The van der Waals surface area contributed by atoms with E-state index in [0.29, 0.717) is 6.54 Å². The van der Waals surface area contributed by atoms with Crippen LogP contribution in [0.1, 0.15) is 50.8 Å². The van der Waals surface area contributed by atoms with Crippen LogP contribution in [-0.4, -0.2) is 17.2 Å². The normalized spacial score (nSPS) is 20.6. The summed E-state index contributed by atoms with van der Waals surface area (Å²) in [6.07, 6.45) is 7.30. The van der Waals surface area contributed by atoms with Crippen molar-refractivity contribution in [1.82, 2.24) is 4.57 Å². The Bertz CT molecular complexity index is 724. The highest BCUT2D eigenvalue weighted by Crippen LogP contribution is 2.44. The number of aromatic nitrogens is 1. The third-order valence-electron chi connectivity index (χ3n) is 5.09. The molecule has 0 saturated heterocycles. The van der Waals surface area contributed by atoms with Crippen LogP contribution in [0.4, 0.5) is 0 Å². The van der Waals surface area contributed by atoms with Crippen molar-refractivity contribution in [2.24, 2.45) is 4.99 Å². The number of hydrogen-bond donors (Lipinski definition) is 0. The predicted molar refractivity (Wildman–Crippen MR) is 90.1 cm³/mol. The van der Waals surface area contributed by atoms with E-state index in [1.54, 1.807) is 6.08 Å². The van der Waals surface area contributed by atoms with Gasteiger partial charge in [-0.25, -0.2) is 9.79 Å². The molecule has 1 unspecified atom stereocenters. The average Bonchev–Trinajstić information content (AvgIpc) is 2.84. The molecule has 3 heteroatoms. The van der Waals surface area contributed by atoms with Gasteiger partial charge in [0.25, 0.3) is 0 Å². The maximum atomic E-state index is 10.4. The van der Waals surface area contributed by atoms with Crippen LogP contribution in [0.2, 0.25) is 0 Å². The minimum Gasteiger partial charge on any atom is -0.344 e. The van der Waals surface area contributed by atoms with Gasteiger partial charge in [0.2, 0.25) is 6.08 Å². The molecule has 1 aliphatic carbocycles. The van der Waals surface area contributed by atoms with E-state index >= 15 is 0 Å². The van der Waals surface area contributed by atoms with E-state index in [2.05, 4.69) is 47.7 Å². The Labute approximate surface area is 132 Å². The molecular formula is C19H24N2O. The number of rotatable bonds is 5. The summed E-state index contributed by atoms with van der Waals surface area (Å²) in [5, 5.41) is 1.41.